The smallest absolute Gasteiger partial charge is 0.416 e. The van der Waals surface area contributed by atoms with Crippen LogP contribution >= 0.6 is 11.8 Å². The largest absolute Gasteiger partial charge is 0.496 e. The van der Waals surface area contributed by atoms with Gasteiger partial charge in [0, 0.05) is 17.1 Å². The topological polar surface area (TPSA) is 60.4 Å². The van der Waals surface area contributed by atoms with Gasteiger partial charge in [0.05, 0.1) is 18.2 Å². The van der Waals surface area contributed by atoms with Crippen LogP contribution in [0.4, 0.5) is 26.3 Å². The highest BCUT2D eigenvalue weighted by Crippen LogP contribution is 2.31. The molecule has 3 rings (SSSR count). The summed E-state index contributed by atoms with van der Waals surface area (Å²) >= 11 is 1.70. The maximum absolute atomic E-state index is 12.5. The number of benzene rings is 3. The van der Waals surface area contributed by atoms with Crippen molar-refractivity contribution in [3.8, 4) is 5.75 Å². The Morgan fingerprint density at radius 2 is 1.26 bits per heavy atom. The van der Waals surface area contributed by atoms with Gasteiger partial charge in [0.25, 0.3) is 0 Å². The van der Waals surface area contributed by atoms with Crippen molar-refractivity contribution in [3.05, 3.63) is 107 Å². The van der Waals surface area contributed by atoms with Crippen molar-refractivity contribution >= 4 is 23.7 Å². The Morgan fingerprint density at radius 3 is 1.63 bits per heavy atom. The van der Waals surface area contributed by atoms with E-state index in [0.717, 1.165) is 69.3 Å². The highest BCUT2D eigenvalue weighted by Gasteiger charge is 2.30. The van der Waals surface area contributed by atoms with Crippen molar-refractivity contribution in [1.82, 2.24) is 0 Å². The van der Waals surface area contributed by atoms with Crippen molar-refractivity contribution in [3.63, 3.8) is 0 Å². The number of methoxy groups -OCH3 is 1. The predicted molar refractivity (Wildman–Crippen MR) is 153 cm³/mol. The van der Waals surface area contributed by atoms with Gasteiger partial charge in [-0.3, -0.25) is 0 Å². The number of Topliss-reactive ketones (excluding diaryl/α,β-unsaturated/α-hetero) is 1. The zero-order valence-corrected chi connectivity index (χ0v) is 24.7. The first-order valence-electron chi connectivity index (χ1n) is 12.9. The summed E-state index contributed by atoms with van der Waals surface area (Å²) in [6, 6.07) is 16.3. The molecule has 0 aliphatic carbocycles. The number of aryl methyl sites for hydroxylation is 3. The Balaban J connectivity index is 0.000000436. The number of hydrogen-bond donors (Lipinski definition) is 0. The number of carbonyl (C=O) groups excluding carboxylic acids is 3. The molecule has 0 saturated carbocycles. The summed E-state index contributed by atoms with van der Waals surface area (Å²) in [5, 5.41) is 0. The second kappa shape index (κ2) is 18.0. The number of thioether (sulfide) groups is 1. The number of ether oxygens (including phenoxy) is 1. The predicted octanol–water partition coefficient (Wildman–Crippen LogP) is 8.95. The normalized spacial score (nSPS) is 10.8. The minimum absolute atomic E-state index is 0.0369. The maximum Gasteiger partial charge on any atom is 0.416 e. The second-order valence-corrected chi connectivity index (χ2v) is 10.4. The number of ketones is 1. The first-order valence-corrected chi connectivity index (χ1v) is 13.8. The summed E-state index contributed by atoms with van der Waals surface area (Å²) in [4.78, 5) is 28.1. The van der Waals surface area contributed by atoms with E-state index in [9.17, 15) is 31.1 Å². The summed E-state index contributed by atoms with van der Waals surface area (Å²) in [5.74, 6) is 1.69. The van der Waals surface area contributed by atoms with Crippen molar-refractivity contribution in [2.45, 2.75) is 56.8 Å². The molecule has 3 aromatic rings. The zero-order valence-electron chi connectivity index (χ0n) is 23.9. The molecular weight excluding hydrogens is 594 g/mol. The molecule has 0 bridgehead atoms. The molecule has 0 N–H and O–H groups in total. The van der Waals surface area contributed by atoms with E-state index in [4.69, 9.17) is 14.3 Å². The van der Waals surface area contributed by atoms with Crippen LogP contribution < -0.4 is 4.74 Å². The van der Waals surface area contributed by atoms with Gasteiger partial charge in [0.1, 0.15) is 11.5 Å². The number of rotatable bonds is 10. The minimum atomic E-state index is -4.29. The van der Waals surface area contributed by atoms with Crippen molar-refractivity contribution in [2.75, 3.05) is 12.9 Å². The van der Waals surface area contributed by atoms with Crippen molar-refractivity contribution < 1.29 is 45.5 Å². The molecule has 0 fully saturated rings. The number of hydrogen-bond acceptors (Lipinski definition) is 5. The molecule has 43 heavy (non-hydrogen) atoms. The Morgan fingerprint density at radius 1 is 0.814 bits per heavy atom. The molecule has 0 atom stereocenters. The number of carbonyl (C=O) groups is 1. The zero-order chi connectivity index (χ0) is 32.6. The monoisotopic (exact) mass is 626 g/mol. The van der Waals surface area contributed by atoms with Gasteiger partial charge in [-0.25, -0.2) is 0 Å². The van der Waals surface area contributed by atoms with E-state index >= 15 is 0 Å². The van der Waals surface area contributed by atoms with Crippen LogP contribution in [0, 0.1) is 6.92 Å². The van der Waals surface area contributed by atoms with Gasteiger partial charge in [0.2, 0.25) is 0 Å². The Kier molecular flexibility index (Phi) is 15.6. The van der Waals surface area contributed by atoms with E-state index in [2.05, 4.69) is 12.6 Å². The number of alkyl halides is 6. The summed E-state index contributed by atoms with van der Waals surface area (Å²) in [5.41, 5.74) is 2.52. The third-order valence-electron chi connectivity index (χ3n) is 5.90. The molecule has 0 saturated heterocycles. The van der Waals surface area contributed by atoms with Crippen LogP contribution in [0.15, 0.2) is 83.8 Å². The first-order chi connectivity index (χ1) is 20.1. The molecule has 3 aromatic carbocycles. The molecule has 0 amide bonds. The Labute approximate surface area is 251 Å². The van der Waals surface area contributed by atoms with Crippen molar-refractivity contribution in [1.29, 1.82) is 0 Å². The van der Waals surface area contributed by atoms with Crippen LogP contribution in [-0.2, 0) is 39.6 Å². The average molecular weight is 627 g/mol. The lowest BCUT2D eigenvalue weighted by atomic mass is 10.0. The number of halogens is 6. The molecule has 0 spiro atoms. The van der Waals surface area contributed by atoms with E-state index < -0.39 is 23.5 Å². The summed E-state index contributed by atoms with van der Waals surface area (Å²) in [6.07, 6.45) is -6.01. The molecular formula is C32H32F6O4S. The van der Waals surface area contributed by atoms with Crippen LogP contribution in [0.2, 0.25) is 0 Å². The van der Waals surface area contributed by atoms with Crippen LogP contribution in [-0.4, -0.2) is 24.8 Å². The minimum Gasteiger partial charge on any atom is -0.496 e. The average Bonchev–Trinajstić information content (AvgIpc) is 2.94. The van der Waals surface area contributed by atoms with Gasteiger partial charge in [-0.1, -0.05) is 36.4 Å². The van der Waals surface area contributed by atoms with Crippen LogP contribution in [0.1, 0.15) is 47.6 Å². The lowest BCUT2D eigenvalue weighted by molar-refractivity contribution is -0.191. The van der Waals surface area contributed by atoms with Crippen LogP contribution in [0.3, 0.4) is 0 Å². The molecule has 0 aliphatic rings. The maximum atomic E-state index is 12.5. The summed E-state index contributed by atoms with van der Waals surface area (Å²) in [6.45, 7) is 7.54. The van der Waals surface area contributed by atoms with E-state index in [-0.39, 0.29) is 11.9 Å². The van der Waals surface area contributed by atoms with E-state index in [0.29, 0.717) is 19.3 Å². The Hall–Kier alpha value is -3.82. The molecule has 0 radical (unpaired) electrons. The highest BCUT2D eigenvalue weighted by molar-refractivity contribution is 7.99. The van der Waals surface area contributed by atoms with Gasteiger partial charge in [-0.05, 0) is 92.3 Å². The molecule has 0 aromatic heterocycles. The third kappa shape index (κ3) is 14.8. The van der Waals surface area contributed by atoms with Gasteiger partial charge in [0.15, 0.2) is 0 Å². The molecule has 0 aliphatic heterocycles. The van der Waals surface area contributed by atoms with E-state index in [1.807, 2.05) is 19.1 Å². The SMILES string of the molecule is C=C(CCc1ccc(C(F)(F)F)cc1)CSc1ccc(OC)c(C)c1.CC(=O)CCc1ccc(C(F)(F)F)cc1.O=C=O. The molecule has 11 heteroatoms. The van der Waals surface area contributed by atoms with Crippen LogP contribution in [0.5, 0.6) is 5.75 Å². The van der Waals surface area contributed by atoms with Crippen LogP contribution in [0.25, 0.3) is 0 Å². The summed E-state index contributed by atoms with van der Waals surface area (Å²) in [7, 11) is 1.65. The third-order valence-corrected chi connectivity index (χ3v) is 7.04. The van der Waals surface area contributed by atoms with Gasteiger partial charge >= 0.3 is 18.5 Å². The molecule has 0 heterocycles. The van der Waals surface area contributed by atoms with Gasteiger partial charge < -0.3 is 9.53 Å². The standard InChI is InChI=1S/C20H21F3OS.C11H11F3O.CO2/c1-14(13-25-18-10-11-19(24-3)15(2)12-18)4-5-16-6-8-17(9-7-16)20(21,22)23;1-8(15)2-3-9-4-6-10(7-5-9)11(12,13)14;2-1-3/h6-12H,1,4-5,13H2,2-3H3;4-7H,2-3H2,1H3;. The Bertz CT molecular complexity index is 1340. The quantitative estimate of drug-likeness (QED) is 0.128. The second-order valence-electron chi connectivity index (χ2n) is 9.34. The van der Waals surface area contributed by atoms with Gasteiger partial charge in [-0.15, -0.1) is 11.8 Å². The first kappa shape index (κ1) is 37.2. The lowest BCUT2D eigenvalue weighted by Gasteiger charge is -2.10. The van der Waals surface area contributed by atoms with E-state index in [1.54, 1.807) is 18.9 Å². The van der Waals surface area contributed by atoms with Crippen molar-refractivity contribution in [2.24, 2.45) is 0 Å². The highest BCUT2D eigenvalue weighted by atomic mass is 32.2. The molecule has 0 unspecified atom stereocenters. The van der Waals surface area contributed by atoms with E-state index in [1.165, 1.54) is 31.2 Å². The fourth-order valence-electron chi connectivity index (χ4n) is 3.56. The molecule has 232 valence electrons. The molecule has 4 nitrogen and oxygen atoms in total. The van der Waals surface area contributed by atoms with Gasteiger partial charge in [-0.2, -0.15) is 35.9 Å². The fourth-order valence-corrected chi connectivity index (χ4v) is 4.50. The fraction of sp³-hybridized carbons (Fsp3) is 0.312. The summed E-state index contributed by atoms with van der Waals surface area (Å²) < 4.78 is 79.4. The lowest BCUT2D eigenvalue weighted by Crippen LogP contribution is -2.04.